The molecule has 2 aromatic rings. The molecule has 1 N–H and O–H groups in total. The SMILES string of the molecule is CCOCCC(=O)Nc1ccc(Sc2ccc(C)c(C)c2)cc1. The standard InChI is InChI=1S/C19H23NO2S/c1-4-22-12-11-19(21)20-16-6-9-17(10-7-16)23-18-8-5-14(2)15(3)13-18/h5-10,13H,4,11-12H2,1-3H3,(H,20,21). The highest BCUT2D eigenvalue weighted by atomic mass is 32.2. The molecular formula is C19H23NO2S. The van der Waals surface area contributed by atoms with Crippen LogP contribution in [-0.4, -0.2) is 19.1 Å². The average Bonchev–Trinajstić information content (AvgIpc) is 2.53. The first-order valence-corrected chi connectivity index (χ1v) is 8.63. The van der Waals surface area contributed by atoms with Crippen LogP contribution in [0.4, 0.5) is 5.69 Å². The lowest BCUT2D eigenvalue weighted by Crippen LogP contribution is -2.13. The van der Waals surface area contributed by atoms with Crippen molar-refractivity contribution in [2.75, 3.05) is 18.5 Å². The van der Waals surface area contributed by atoms with Gasteiger partial charge in [0.1, 0.15) is 0 Å². The number of hydrogen-bond acceptors (Lipinski definition) is 3. The molecule has 0 aliphatic carbocycles. The minimum atomic E-state index is -0.0204. The van der Waals surface area contributed by atoms with Crippen LogP contribution in [0.1, 0.15) is 24.5 Å². The summed E-state index contributed by atoms with van der Waals surface area (Å²) >= 11 is 1.72. The maximum atomic E-state index is 11.7. The van der Waals surface area contributed by atoms with Crippen molar-refractivity contribution in [3.63, 3.8) is 0 Å². The Kier molecular flexibility index (Phi) is 6.68. The number of nitrogens with one attached hydrogen (secondary N) is 1. The van der Waals surface area contributed by atoms with Gasteiger partial charge in [-0.1, -0.05) is 17.8 Å². The van der Waals surface area contributed by atoms with E-state index in [0.717, 1.165) is 10.6 Å². The van der Waals surface area contributed by atoms with Crippen LogP contribution in [0.3, 0.4) is 0 Å². The number of amides is 1. The van der Waals surface area contributed by atoms with Gasteiger partial charge in [-0.15, -0.1) is 0 Å². The molecule has 122 valence electrons. The van der Waals surface area contributed by atoms with Gasteiger partial charge in [0.05, 0.1) is 13.0 Å². The fourth-order valence-electron chi connectivity index (χ4n) is 2.05. The van der Waals surface area contributed by atoms with Crippen LogP contribution in [0, 0.1) is 13.8 Å². The Morgan fingerprint density at radius 1 is 1.04 bits per heavy atom. The fourth-order valence-corrected chi connectivity index (χ4v) is 2.97. The second-order valence-corrected chi connectivity index (χ2v) is 6.51. The maximum Gasteiger partial charge on any atom is 0.226 e. The first-order chi connectivity index (χ1) is 11.1. The Morgan fingerprint density at radius 2 is 1.74 bits per heavy atom. The molecule has 0 saturated carbocycles. The maximum absolute atomic E-state index is 11.7. The van der Waals surface area contributed by atoms with Crippen molar-refractivity contribution in [1.82, 2.24) is 0 Å². The molecule has 0 aliphatic rings. The summed E-state index contributed by atoms with van der Waals surface area (Å²) in [6.45, 7) is 7.26. The molecule has 1 amide bonds. The molecule has 0 atom stereocenters. The number of carbonyl (C=O) groups is 1. The quantitative estimate of drug-likeness (QED) is 0.740. The van der Waals surface area contributed by atoms with Crippen molar-refractivity contribution >= 4 is 23.4 Å². The molecule has 0 unspecified atom stereocenters. The van der Waals surface area contributed by atoms with E-state index in [0.29, 0.717) is 19.6 Å². The topological polar surface area (TPSA) is 38.3 Å². The van der Waals surface area contributed by atoms with Crippen LogP contribution in [0.15, 0.2) is 52.3 Å². The number of ether oxygens (including phenoxy) is 1. The lowest BCUT2D eigenvalue weighted by molar-refractivity contribution is -0.117. The largest absolute Gasteiger partial charge is 0.381 e. The number of carbonyl (C=O) groups excluding carboxylic acids is 1. The highest BCUT2D eigenvalue weighted by molar-refractivity contribution is 7.99. The minimum absolute atomic E-state index is 0.0204. The van der Waals surface area contributed by atoms with E-state index in [4.69, 9.17) is 4.74 Å². The number of hydrogen-bond donors (Lipinski definition) is 1. The summed E-state index contributed by atoms with van der Waals surface area (Å²) in [6, 6.07) is 14.4. The monoisotopic (exact) mass is 329 g/mol. The van der Waals surface area contributed by atoms with Gasteiger partial charge in [0.15, 0.2) is 0 Å². The molecule has 0 bridgehead atoms. The van der Waals surface area contributed by atoms with Gasteiger partial charge in [-0.3, -0.25) is 4.79 Å². The van der Waals surface area contributed by atoms with E-state index in [9.17, 15) is 4.79 Å². The summed E-state index contributed by atoms with van der Waals surface area (Å²) in [7, 11) is 0. The normalized spacial score (nSPS) is 10.6. The summed E-state index contributed by atoms with van der Waals surface area (Å²) in [6.07, 6.45) is 0.382. The summed E-state index contributed by atoms with van der Waals surface area (Å²) in [5, 5.41) is 2.88. The van der Waals surface area contributed by atoms with Crippen molar-refractivity contribution in [2.24, 2.45) is 0 Å². The van der Waals surface area contributed by atoms with Crippen molar-refractivity contribution in [3.8, 4) is 0 Å². The summed E-state index contributed by atoms with van der Waals surface area (Å²) < 4.78 is 5.18. The van der Waals surface area contributed by atoms with Crippen LogP contribution >= 0.6 is 11.8 Å². The summed E-state index contributed by atoms with van der Waals surface area (Å²) in [5.74, 6) is -0.0204. The average molecular weight is 329 g/mol. The van der Waals surface area contributed by atoms with Crippen molar-refractivity contribution in [2.45, 2.75) is 37.0 Å². The van der Waals surface area contributed by atoms with E-state index in [1.807, 2.05) is 31.2 Å². The zero-order valence-corrected chi connectivity index (χ0v) is 14.7. The third-order valence-corrected chi connectivity index (χ3v) is 4.53. The van der Waals surface area contributed by atoms with Crippen LogP contribution < -0.4 is 5.32 Å². The van der Waals surface area contributed by atoms with Gasteiger partial charge in [0.25, 0.3) is 0 Å². The Balaban J connectivity index is 1.91. The van der Waals surface area contributed by atoms with E-state index in [1.165, 1.54) is 16.0 Å². The number of benzene rings is 2. The summed E-state index contributed by atoms with van der Waals surface area (Å²) in [4.78, 5) is 14.1. The van der Waals surface area contributed by atoms with Gasteiger partial charge in [-0.25, -0.2) is 0 Å². The second-order valence-electron chi connectivity index (χ2n) is 5.37. The van der Waals surface area contributed by atoms with E-state index in [1.54, 1.807) is 11.8 Å². The van der Waals surface area contributed by atoms with Crippen LogP contribution in [0.25, 0.3) is 0 Å². The third kappa shape index (κ3) is 5.73. The fraction of sp³-hybridized carbons (Fsp3) is 0.316. The van der Waals surface area contributed by atoms with Gasteiger partial charge in [0.2, 0.25) is 5.91 Å². The first kappa shape index (κ1) is 17.6. The summed E-state index contributed by atoms with van der Waals surface area (Å²) in [5.41, 5.74) is 3.42. The van der Waals surface area contributed by atoms with E-state index >= 15 is 0 Å². The molecule has 4 heteroatoms. The molecular weight excluding hydrogens is 306 g/mol. The smallest absolute Gasteiger partial charge is 0.226 e. The Labute approximate surface area is 142 Å². The first-order valence-electron chi connectivity index (χ1n) is 7.81. The minimum Gasteiger partial charge on any atom is -0.381 e. The van der Waals surface area contributed by atoms with E-state index < -0.39 is 0 Å². The molecule has 0 aromatic heterocycles. The van der Waals surface area contributed by atoms with E-state index in [-0.39, 0.29) is 5.91 Å². The Morgan fingerprint density at radius 3 is 2.39 bits per heavy atom. The van der Waals surface area contributed by atoms with Crippen molar-refractivity contribution in [1.29, 1.82) is 0 Å². The predicted octanol–water partition coefficient (Wildman–Crippen LogP) is 4.82. The third-order valence-electron chi connectivity index (χ3n) is 3.53. The molecule has 0 aliphatic heterocycles. The van der Waals surface area contributed by atoms with E-state index in [2.05, 4.69) is 37.4 Å². The Hall–Kier alpha value is -1.78. The van der Waals surface area contributed by atoms with Gasteiger partial charge in [-0.2, -0.15) is 0 Å². The number of aryl methyl sites for hydroxylation is 2. The number of anilines is 1. The molecule has 3 nitrogen and oxygen atoms in total. The number of rotatable bonds is 7. The van der Waals surface area contributed by atoms with Crippen LogP contribution in [0.5, 0.6) is 0 Å². The molecule has 0 heterocycles. The van der Waals surface area contributed by atoms with Crippen LogP contribution in [-0.2, 0) is 9.53 Å². The lowest BCUT2D eigenvalue weighted by atomic mass is 10.1. The van der Waals surface area contributed by atoms with Crippen LogP contribution in [0.2, 0.25) is 0 Å². The molecule has 2 aromatic carbocycles. The Bertz CT molecular complexity index is 653. The predicted molar refractivity (Wildman–Crippen MR) is 96.2 cm³/mol. The second kappa shape index (κ2) is 8.75. The molecule has 0 radical (unpaired) electrons. The highest BCUT2D eigenvalue weighted by Crippen LogP contribution is 2.29. The van der Waals surface area contributed by atoms with Gasteiger partial charge < -0.3 is 10.1 Å². The van der Waals surface area contributed by atoms with Gasteiger partial charge in [-0.05, 0) is 68.3 Å². The van der Waals surface area contributed by atoms with Gasteiger partial charge in [0, 0.05) is 22.1 Å². The lowest BCUT2D eigenvalue weighted by Gasteiger charge is -2.08. The molecule has 2 rings (SSSR count). The van der Waals surface area contributed by atoms with Crippen molar-refractivity contribution in [3.05, 3.63) is 53.6 Å². The van der Waals surface area contributed by atoms with Gasteiger partial charge >= 0.3 is 0 Å². The van der Waals surface area contributed by atoms with Crippen molar-refractivity contribution < 1.29 is 9.53 Å². The molecule has 0 fully saturated rings. The zero-order chi connectivity index (χ0) is 16.7. The highest BCUT2D eigenvalue weighted by Gasteiger charge is 2.03. The molecule has 23 heavy (non-hydrogen) atoms. The molecule has 0 saturated heterocycles. The zero-order valence-electron chi connectivity index (χ0n) is 13.9. The molecule has 0 spiro atoms.